The average Bonchev–Trinajstić information content (AvgIpc) is 4.16. The molecule has 0 N–H and O–H groups in total. The van der Waals surface area contributed by atoms with Crippen molar-refractivity contribution in [2.24, 2.45) is 0 Å². The third kappa shape index (κ3) is 5.44. The fourth-order valence-corrected chi connectivity index (χ4v) is 11.6. The van der Waals surface area contributed by atoms with Crippen LogP contribution in [-0.4, -0.2) is 15.0 Å². The summed E-state index contributed by atoms with van der Waals surface area (Å²) in [4.78, 5) is 15.8. The highest BCUT2D eigenvalue weighted by Crippen LogP contribution is 2.63. The van der Waals surface area contributed by atoms with Crippen LogP contribution in [0.15, 0.2) is 233 Å². The molecule has 5 heteroatoms. The number of fused-ring (bicyclic) bond motifs is 16. The van der Waals surface area contributed by atoms with Crippen LogP contribution in [0.1, 0.15) is 22.3 Å². The maximum absolute atomic E-state index is 6.67. The molecule has 0 amide bonds. The zero-order chi connectivity index (χ0) is 45.2. The quantitative estimate of drug-likeness (QED) is 0.172. The second-order valence-corrected chi connectivity index (χ2v) is 18.2. The molecule has 0 atom stereocenters. The monoisotopic (exact) mass is 879 g/mol. The molecule has 5 nitrogen and oxygen atoms in total. The minimum absolute atomic E-state index is 0.433. The number of rotatable bonds is 5. The Hall–Kier alpha value is -9.19. The second-order valence-electron chi connectivity index (χ2n) is 18.2. The highest BCUT2D eigenvalue weighted by Gasteiger charge is 2.51. The molecular weight excluding hydrogens is 843 g/mol. The van der Waals surface area contributed by atoms with Crippen LogP contribution in [0.4, 0.5) is 0 Å². The summed E-state index contributed by atoms with van der Waals surface area (Å²) in [6, 6.07) is 79.8. The van der Waals surface area contributed by atoms with Crippen LogP contribution < -0.4 is 0 Å². The molecule has 69 heavy (non-hydrogen) atoms. The highest BCUT2D eigenvalue weighted by molar-refractivity contribution is 6.13. The first-order valence-corrected chi connectivity index (χ1v) is 23.4. The molecule has 3 aromatic heterocycles. The molecule has 0 aliphatic heterocycles. The lowest BCUT2D eigenvalue weighted by molar-refractivity contribution is 0.668. The van der Waals surface area contributed by atoms with Crippen molar-refractivity contribution in [2.45, 2.75) is 5.41 Å². The van der Waals surface area contributed by atoms with E-state index >= 15 is 0 Å². The zero-order valence-corrected chi connectivity index (χ0v) is 37.0. The fraction of sp³-hybridized carbons (Fsp3) is 0.0156. The van der Waals surface area contributed by atoms with Crippen LogP contribution in [0.2, 0.25) is 0 Å². The molecule has 0 bridgehead atoms. The molecule has 13 aromatic rings. The van der Waals surface area contributed by atoms with Gasteiger partial charge in [0.05, 0.1) is 11.0 Å². The minimum atomic E-state index is -0.433. The number of furan rings is 2. The van der Waals surface area contributed by atoms with Crippen LogP contribution in [0.5, 0.6) is 0 Å². The molecule has 0 fully saturated rings. The molecule has 0 saturated carbocycles. The van der Waals surface area contributed by atoms with E-state index in [2.05, 4.69) is 176 Å². The SMILES string of the molecule is c1ccc(-c2ccc(-c3nc(-c4cccc5c4oc4ccccc45)nc(-c4cccc5oc6ccc(-c7ccc8c(c7)C7(c9ccccc9-c9ccccc97)c7ccccc7-8)cc6c45)n3)cc2)cc1. The van der Waals surface area contributed by atoms with Gasteiger partial charge in [0, 0.05) is 32.7 Å². The Labute approximate surface area is 396 Å². The van der Waals surface area contributed by atoms with Crippen LogP contribution in [0.25, 0.3) is 123 Å². The van der Waals surface area contributed by atoms with Crippen LogP contribution in [-0.2, 0) is 5.41 Å². The number of nitrogens with zero attached hydrogens (tertiary/aromatic N) is 3. The van der Waals surface area contributed by atoms with E-state index in [1.165, 1.54) is 44.5 Å². The van der Waals surface area contributed by atoms with Crippen molar-refractivity contribution in [3.63, 3.8) is 0 Å². The van der Waals surface area contributed by atoms with Crippen LogP contribution in [0.3, 0.4) is 0 Å². The fourth-order valence-electron chi connectivity index (χ4n) is 11.6. The summed E-state index contributed by atoms with van der Waals surface area (Å²) in [5.41, 5.74) is 20.1. The summed E-state index contributed by atoms with van der Waals surface area (Å²) in [5.74, 6) is 1.64. The van der Waals surface area contributed by atoms with E-state index in [1.807, 2.05) is 48.5 Å². The third-order valence-electron chi connectivity index (χ3n) is 14.6. The van der Waals surface area contributed by atoms with Gasteiger partial charge < -0.3 is 8.83 Å². The predicted octanol–water partition coefficient (Wildman–Crippen LogP) is 16.3. The van der Waals surface area contributed by atoms with Crippen LogP contribution >= 0.6 is 0 Å². The average molecular weight is 880 g/mol. The second kappa shape index (κ2) is 14.4. The lowest BCUT2D eigenvalue weighted by atomic mass is 9.70. The van der Waals surface area contributed by atoms with E-state index in [4.69, 9.17) is 23.8 Å². The summed E-state index contributed by atoms with van der Waals surface area (Å²) >= 11 is 0. The van der Waals surface area contributed by atoms with Crippen LogP contribution in [0, 0.1) is 0 Å². The van der Waals surface area contributed by atoms with E-state index < -0.39 is 5.41 Å². The van der Waals surface area contributed by atoms with Gasteiger partial charge in [-0.2, -0.15) is 0 Å². The lowest BCUT2D eigenvalue weighted by Crippen LogP contribution is -2.25. The van der Waals surface area contributed by atoms with Gasteiger partial charge in [-0.1, -0.05) is 188 Å². The maximum atomic E-state index is 6.67. The highest BCUT2D eigenvalue weighted by atomic mass is 16.3. The Balaban J connectivity index is 0.919. The smallest absolute Gasteiger partial charge is 0.167 e. The molecule has 0 unspecified atom stereocenters. The van der Waals surface area contributed by atoms with E-state index in [0.29, 0.717) is 17.5 Å². The minimum Gasteiger partial charge on any atom is -0.456 e. The Bertz CT molecular complexity index is 4200. The molecule has 3 heterocycles. The summed E-state index contributed by atoms with van der Waals surface area (Å²) in [6.07, 6.45) is 0. The lowest BCUT2D eigenvalue weighted by Gasteiger charge is -2.30. The van der Waals surface area contributed by atoms with Gasteiger partial charge in [-0.15, -0.1) is 0 Å². The molecule has 0 saturated heterocycles. The van der Waals surface area contributed by atoms with E-state index in [9.17, 15) is 0 Å². The first kappa shape index (κ1) is 38.0. The van der Waals surface area contributed by atoms with Crippen molar-refractivity contribution in [3.05, 3.63) is 247 Å². The Morgan fingerprint density at radius 3 is 1.52 bits per heavy atom. The summed E-state index contributed by atoms with van der Waals surface area (Å²) in [5, 5.41) is 3.99. The van der Waals surface area contributed by atoms with Gasteiger partial charge in [-0.05, 0) is 103 Å². The number of hydrogen-bond donors (Lipinski definition) is 0. The maximum Gasteiger partial charge on any atom is 0.167 e. The molecule has 15 rings (SSSR count). The number of para-hydroxylation sites is 2. The van der Waals surface area contributed by atoms with Gasteiger partial charge in [-0.25, -0.2) is 15.0 Å². The van der Waals surface area contributed by atoms with Gasteiger partial charge >= 0.3 is 0 Å². The first-order valence-electron chi connectivity index (χ1n) is 23.4. The van der Waals surface area contributed by atoms with Gasteiger partial charge in [0.2, 0.25) is 0 Å². The van der Waals surface area contributed by atoms with Gasteiger partial charge in [-0.3, -0.25) is 0 Å². The standard InChI is InChI=1S/C64H37N3O2/c1-2-14-38(15-3-1)39-28-30-40(31-29-39)61-65-62(67-63(66-61)50-22-12-20-48-47-19-7-11-26-56(47)69-60(48)50)49-21-13-27-58-59(49)51-36-41(33-35-57(51)68-58)42-32-34-46-45-18-6-10-25-54(45)64(55(46)37-42)52-23-8-4-16-43(52)44-17-5-9-24-53(44)64/h1-37H. The van der Waals surface area contributed by atoms with Crippen molar-refractivity contribution in [2.75, 3.05) is 0 Å². The number of aromatic nitrogens is 3. The van der Waals surface area contributed by atoms with Gasteiger partial charge in [0.15, 0.2) is 17.5 Å². The topological polar surface area (TPSA) is 65.0 Å². The normalized spacial score (nSPS) is 13.0. The molecular formula is C64H37N3O2. The summed E-state index contributed by atoms with van der Waals surface area (Å²) < 4.78 is 13.2. The van der Waals surface area contributed by atoms with E-state index in [0.717, 1.165) is 82.8 Å². The van der Waals surface area contributed by atoms with Crippen molar-refractivity contribution in [1.29, 1.82) is 0 Å². The Kier molecular flexibility index (Phi) is 7.93. The van der Waals surface area contributed by atoms with E-state index in [1.54, 1.807) is 0 Å². The van der Waals surface area contributed by atoms with Crippen molar-refractivity contribution >= 4 is 43.9 Å². The molecule has 320 valence electrons. The van der Waals surface area contributed by atoms with E-state index in [-0.39, 0.29) is 0 Å². The summed E-state index contributed by atoms with van der Waals surface area (Å²) in [6.45, 7) is 0. The summed E-state index contributed by atoms with van der Waals surface area (Å²) in [7, 11) is 0. The zero-order valence-electron chi connectivity index (χ0n) is 37.0. The Morgan fingerprint density at radius 2 is 0.768 bits per heavy atom. The molecule has 10 aromatic carbocycles. The molecule has 1 spiro atoms. The number of benzene rings is 10. The molecule has 2 aliphatic carbocycles. The predicted molar refractivity (Wildman–Crippen MR) is 278 cm³/mol. The molecule has 2 aliphatic rings. The molecule has 0 radical (unpaired) electrons. The van der Waals surface area contributed by atoms with Crippen molar-refractivity contribution < 1.29 is 8.83 Å². The van der Waals surface area contributed by atoms with Crippen molar-refractivity contribution in [1.82, 2.24) is 15.0 Å². The Morgan fingerprint density at radius 1 is 0.275 bits per heavy atom. The van der Waals surface area contributed by atoms with Crippen molar-refractivity contribution in [3.8, 4) is 78.7 Å². The first-order chi connectivity index (χ1) is 34.2. The third-order valence-corrected chi connectivity index (χ3v) is 14.6. The largest absolute Gasteiger partial charge is 0.456 e. The van der Waals surface area contributed by atoms with Gasteiger partial charge in [0.1, 0.15) is 22.3 Å². The number of hydrogen-bond acceptors (Lipinski definition) is 5. The van der Waals surface area contributed by atoms with Gasteiger partial charge in [0.25, 0.3) is 0 Å².